The summed E-state index contributed by atoms with van der Waals surface area (Å²) in [5, 5.41) is 77.5. The number of hydrogen-bond donors (Lipinski definition) is 6. The maximum Gasteiger partial charge on any atom is 0.351 e. The van der Waals surface area contributed by atoms with Gasteiger partial charge in [-0.25, -0.2) is 68.3 Å². The second kappa shape index (κ2) is 24.1. The molecule has 32 heteroatoms. The van der Waals surface area contributed by atoms with Crippen molar-refractivity contribution in [1.82, 2.24) is 39.9 Å². The second-order valence-corrected chi connectivity index (χ2v) is 23.2. The van der Waals surface area contributed by atoms with E-state index >= 15 is 0 Å². The fourth-order valence-corrected chi connectivity index (χ4v) is 11.7. The van der Waals surface area contributed by atoms with E-state index in [1.165, 1.54) is 72.8 Å². The van der Waals surface area contributed by atoms with Crippen molar-refractivity contribution >= 4 is 157 Å². The normalized spacial score (nSPS) is 12.2. The molecule has 0 spiro atoms. The maximum absolute atomic E-state index is 12.3. The highest BCUT2D eigenvalue weighted by Crippen LogP contribution is 2.42. The lowest BCUT2D eigenvalue weighted by atomic mass is 10.1. The van der Waals surface area contributed by atoms with Crippen LogP contribution in [0.25, 0.3) is 134 Å². The van der Waals surface area contributed by atoms with E-state index in [1.54, 1.807) is 97.1 Å². The van der Waals surface area contributed by atoms with Gasteiger partial charge in [-0.3, -0.25) is 0 Å². The SMILES string of the molecule is O=C(O)c1cc2cc(N=Nc3ccc4c(c3)-c3nc-4nc4[nH]c(nc5nc(nc6[nH]c(n3)c3ccc(N=Nc7ccc8oc(=O)c(C(=O)O)cc8c7)cc63)-c3ccc(N=Nc6ccc7oc(=O)c(C(=O)O)cc7c6)cc3-5)c3ccc(N=Nc5ccc6oc(=O)c(C(=O)O)cc6c5)cc43)ccc2oc1=O. The zero-order chi connectivity index (χ0) is 71.3. The smallest absolute Gasteiger partial charge is 0.351 e. The number of carboxylic acid groups (broad SMARTS) is 4. The van der Waals surface area contributed by atoms with Gasteiger partial charge >= 0.3 is 46.4 Å². The zero-order valence-corrected chi connectivity index (χ0v) is 52.1. The summed E-state index contributed by atoms with van der Waals surface area (Å²) in [7, 11) is 0. The van der Waals surface area contributed by atoms with E-state index in [1.807, 2.05) is 0 Å². The van der Waals surface area contributed by atoms with E-state index in [-0.39, 0.29) is 101 Å². The number of nitrogens with zero attached hydrogens (tertiary/aromatic N) is 14. The zero-order valence-electron chi connectivity index (χ0n) is 52.1. The molecule has 0 saturated heterocycles. The van der Waals surface area contributed by atoms with E-state index < -0.39 is 68.6 Å². The standard InChI is InChI=1S/C72H34N16O16/c89-65(90)49-21-29-17-33(5-13-53(29)101-69(49)97)81-85-37-1-9-41-45(25-37)61-73-57(41)77-62-46-26-38(86-82-34-6-14-54-30(18-34)22-50(66(91)92)70(98)102-54)2-10-42(46)59(74-62)79-64-48-28-40(88-84-36-8-16-56-32(20-36)24-52(68(95)96)72(100)104-56)4-12-44(48)60(76-64)80-63-47-27-39(3-11-43(47)58(75-63)78-61)87-83-35-7-15-55-31(19-35)23-51(67(93)94)71(99)103-55/h1-28H,(H,89,90)(H,91,92)(H,93,94)(H,95,96)(H2,73,74,75,76,77,78,79,80). The number of H-pyrrole nitrogens is 2. The van der Waals surface area contributed by atoms with Crippen molar-refractivity contribution < 1.29 is 57.3 Å². The van der Waals surface area contributed by atoms with Gasteiger partial charge in [0.25, 0.3) is 0 Å². The predicted octanol–water partition coefficient (Wildman–Crippen LogP) is 15.7. The third-order valence-corrected chi connectivity index (χ3v) is 16.7. The monoisotopic (exact) mass is 1380 g/mol. The average Bonchev–Trinajstić information content (AvgIpc) is 1.55. The highest BCUT2D eigenvalue weighted by atomic mass is 16.4. The fraction of sp³-hybridized carbons (Fsp3) is 0. The Morgan fingerprint density at radius 1 is 0.269 bits per heavy atom. The fourth-order valence-electron chi connectivity index (χ4n) is 11.7. The predicted molar refractivity (Wildman–Crippen MR) is 371 cm³/mol. The molecule has 0 aliphatic carbocycles. The minimum Gasteiger partial charge on any atom is -0.477 e. The number of carbonyl (C=O) groups is 4. The number of benzene rings is 8. The summed E-state index contributed by atoms with van der Waals surface area (Å²) in [4.78, 5) is 134. The molecular weight excluding hydrogens is 1340 g/mol. The van der Waals surface area contributed by atoms with Crippen molar-refractivity contribution in [1.29, 1.82) is 0 Å². The molecule has 0 saturated carbocycles. The number of rotatable bonds is 12. The number of fused-ring (bicyclic) bond motifs is 24. The van der Waals surface area contributed by atoms with E-state index in [9.17, 15) is 58.8 Å². The first-order valence-corrected chi connectivity index (χ1v) is 30.6. The third-order valence-electron chi connectivity index (χ3n) is 16.7. The van der Waals surface area contributed by atoms with E-state index in [0.717, 1.165) is 0 Å². The Morgan fingerprint density at radius 2 is 0.510 bits per heavy atom. The van der Waals surface area contributed by atoms with Crippen LogP contribution in [0.5, 0.6) is 0 Å². The van der Waals surface area contributed by atoms with Gasteiger partial charge in [0.2, 0.25) is 0 Å². The summed E-state index contributed by atoms with van der Waals surface area (Å²) in [6.45, 7) is 0. The molecule has 2 aliphatic rings. The van der Waals surface area contributed by atoms with Crippen LogP contribution in [0.3, 0.4) is 0 Å². The molecule has 0 amide bonds. The highest BCUT2D eigenvalue weighted by Gasteiger charge is 2.25. The molecule has 8 aromatic carbocycles. The minimum atomic E-state index is -1.46. The maximum atomic E-state index is 12.3. The van der Waals surface area contributed by atoms with Gasteiger partial charge in [0, 0.05) is 65.3 Å². The number of aromatic carboxylic acids is 4. The van der Waals surface area contributed by atoms with Crippen molar-refractivity contribution in [3.8, 4) is 45.6 Å². The van der Waals surface area contributed by atoms with Crippen LogP contribution >= 0.6 is 0 Å². The topological polar surface area (TPSA) is 478 Å². The summed E-state index contributed by atoms with van der Waals surface area (Å²) in [6.07, 6.45) is 0. The van der Waals surface area contributed by atoms with Crippen molar-refractivity contribution in [2.24, 2.45) is 40.9 Å². The molecule has 498 valence electrons. The summed E-state index contributed by atoms with van der Waals surface area (Å²) in [5.41, 5.74) is -0.515. The third kappa shape index (κ3) is 11.2. The van der Waals surface area contributed by atoms with Crippen LogP contribution in [-0.4, -0.2) is 84.2 Å². The van der Waals surface area contributed by atoms with E-state index in [2.05, 4.69) is 50.9 Å². The van der Waals surface area contributed by atoms with Gasteiger partial charge in [0.1, 0.15) is 67.2 Å². The number of aromatic amines is 2. The molecule has 7 aromatic heterocycles. The highest BCUT2D eigenvalue weighted by molar-refractivity contribution is 6.08. The largest absolute Gasteiger partial charge is 0.477 e. The Hall–Kier alpha value is -15.8. The minimum absolute atomic E-state index is 0.133. The Balaban J connectivity index is 0.854. The lowest BCUT2D eigenvalue weighted by Gasteiger charge is -2.01. The molecule has 32 nitrogen and oxygen atoms in total. The van der Waals surface area contributed by atoms with Crippen molar-refractivity contribution in [2.45, 2.75) is 0 Å². The Morgan fingerprint density at radius 3 is 0.798 bits per heavy atom. The Labute approximate surface area is 572 Å². The van der Waals surface area contributed by atoms with E-state index in [0.29, 0.717) is 77.9 Å². The van der Waals surface area contributed by atoms with Crippen LogP contribution in [0.15, 0.2) is 248 Å². The molecule has 8 bridgehead atoms. The molecule has 0 atom stereocenters. The van der Waals surface area contributed by atoms with Gasteiger partial charge in [-0.05, 0) is 170 Å². The molecule has 2 aliphatic heterocycles. The van der Waals surface area contributed by atoms with Crippen LogP contribution in [0.4, 0.5) is 45.5 Å². The molecular formula is C72H34N16O16. The van der Waals surface area contributed by atoms with Crippen molar-refractivity contribution in [3.63, 3.8) is 0 Å². The average molecular weight is 1380 g/mol. The first kappa shape index (κ1) is 61.8. The number of carboxylic acids is 4. The number of azo groups is 4. The number of hydrogen-bond acceptors (Lipinski definition) is 26. The molecule has 104 heavy (non-hydrogen) atoms. The van der Waals surface area contributed by atoms with Gasteiger partial charge in [-0.1, -0.05) is 0 Å². The quantitative estimate of drug-likeness (QED) is 0.0489. The molecule has 15 aromatic rings. The summed E-state index contributed by atoms with van der Waals surface area (Å²) in [6, 6.07) is 43.3. The van der Waals surface area contributed by atoms with Crippen molar-refractivity contribution in [2.75, 3.05) is 0 Å². The summed E-state index contributed by atoms with van der Waals surface area (Å²) >= 11 is 0. The number of aromatic nitrogens is 8. The first-order chi connectivity index (χ1) is 50.3. The van der Waals surface area contributed by atoms with Gasteiger partial charge in [0.05, 0.1) is 45.5 Å². The molecule has 0 unspecified atom stereocenters. The molecule has 0 fully saturated rings. The molecule has 17 rings (SSSR count). The van der Waals surface area contributed by atoms with E-state index in [4.69, 9.17) is 47.6 Å². The summed E-state index contributed by atoms with van der Waals surface area (Å²) < 4.78 is 20.9. The second-order valence-electron chi connectivity index (χ2n) is 23.2. The van der Waals surface area contributed by atoms with Gasteiger partial charge in [0.15, 0.2) is 23.3 Å². The van der Waals surface area contributed by atoms with Crippen molar-refractivity contribution in [3.05, 3.63) is 234 Å². The number of nitrogens with one attached hydrogen (secondary N) is 2. The lowest BCUT2D eigenvalue weighted by molar-refractivity contribution is 0.0681. The van der Waals surface area contributed by atoms with Gasteiger partial charge in [-0.15, -0.1) is 0 Å². The van der Waals surface area contributed by atoms with Crippen LogP contribution < -0.4 is 22.5 Å². The van der Waals surface area contributed by atoms with Crippen LogP contribution in [-0.2, 0) is 0 Å². The van der Waals surface area contributed by atoms with Crippen LogP contribution in [0.2, 0.25) is 0 Å². The molecule has 9 heterocycles. The van der Waals surface area contributed by atoms with Gasteiger partial charge < -0.3 is 48.1 Å². The van der Waals surface area contributed by atoms with Crippen LogP contribution in [0, 0.1) is 0 Å². The molecule has 6 N–H and O–H groups in total. The first-order valence-electron chi connectivity index (χ1n) is 30.6. The van der Waals surface area contributed by atoms with Crippen LogP contribution in [0.1, 0.15) is 41.4 Å². The Kier molecular flexibility index (Phi) is 14.3. The summed E-state index contributed by atoms with van der Waals surface area (Å²) in [5.74, 6) is -5.24. The Bertz CT molecular complexity index is 6610. The van der Waals surface area contributed by atoms with Gasteiger partial charge in [-0.2, -0.15) is 40.9 Å². The lowest BCUT2D eigenvalue weighted by Crippen LogP contribution is -2.12. The molecule has 0 radical (unpaired) electrons.